The summed E-state index contributed by atoms with van der Waals surface area (Å²) >= 11 is 0. The van der Waals surface area contributed by atoms with E-state index in [9.17, 15) is 14.7 Å². The van der Waals surface area contributed by atoms with Crippen LogP contribution in [0.2, 0.25) is 0 Å². The van der Waals surface area contributed by atoms with Crippen LogP contribution in [0, 0.1) is 0 Å². The fourth-order valence-electron chi connectivity index (χ4n) is 1.45. The zero-order valence-electron chi connectivity index (χ0n) is 11.1. The van der Waals surface area contributed by atoms with Crippen molar-refractivity contribution in [2.45, 2.75) is 6.42 Å². The van der Waals surface area contributed by atoms with Gasteiger partial charge in [0.05, 0.1) is 0 Å². The Kier molecular flexibility index (Phi) is 5.81. The van der Waals surface area contributed by atoms with Crippen molar-refractivity contribution < 1.29 is 14.7 Å². The molecule has 0 spiro atoms. The normalized spacial score (nSPS) is 10.3. The molecule has 0 aromatic heterocycles. The molecule has 0 fully saturated rings. The van der Waals surface area contributed by atoms with E-state index in [1.807, 2.05) is 19.0 Å². The molecule has 19 heavy (non-hydrogen) atoms. The van der Waals surface area contributed by atoms with Gasteiger partial charge in [0.25, 0.3) is 0 Å². The number of rotatable bonds is 5. The van der Waals surface area contributed by atoms with Gasteiger partial charge in [0, 0.05) is 18.3 Å². The molecule has 6 heteroatoms. The minimum Gasteiger partial charge on any atom is -0.508 e. The van der Waals surface area contributed by atoms with Crippen LogP contribution in [0.4, 0.5) is 5.69 Å². The molecule has 0 radical (unpaired) electrons. The molecular weight excluding hydrogens is 246 g/mol. The van der Waals surface area contributed by atoms with Gasteiger partial charge in [-0.05, 0) is 39.2 Å². The van der Waals surface area contributed by atoms with Gasteiger partial charge >= 0.3 is 11.8 Å². The average Bonchev–Trinajstić information content (AvgIpc) is 2.34. The third kappa shape index (κ3) is 5.87. The first-order valence-corrected chi connectivity index (χ1v) is 6.02. The van der Waals surface area contributed by atoms with E-state index in [1.54, 1.807) is 12.1 Å². The summed E-state index contributed by atoms with van der Waals surface area (Å²) < 4.78 is 0. The number of aromatic hydroxyl groups is 1. The van der Waals surface area contributed by atoms with Crippen LogP contribution in [0.1, 0.15) is 6.42 Å². The molecule has 0 saturated carbocycles. The topological polar surface area (TPSA) is 81.7 Å². The quantitative estimate of drug-likeness (QED) is 0.531. The molecule has 1 aromatic rings. The average molecular weight is 265 g/mol. The van der Waals surface area contributed by atoms with Crippen LogP contribution in [0.15, 0.2) is 24.3 Å². The van der Waals surface area contributed by atoms with Crippen LogP contribution < -0.4 is 10.6 Å². The predicted octanol–water partition coefficient (Wildman–Crippen LogP) is 0.399. The first-order valence-electron chi connectivity index (χ1n) is 6.02. The van der Waals surface area contributed by atoms with Crippen molar-refractivity contribution in [1.29, 1.82) is 0 Å². The second-order valence-corrected chi connectivity index (χ2v) is 4.42. The van der Waals surface area contributed by atoms with E-state index in [2.05, 4.69) is 10.6 Å². The molecule has 0 aliphatic heterocycles. The first kappa shape index (κ1) is 15.0. The van der Waals surface area contributed by atoms with Gasteiger partial charge in [0.1, 0.15) is 5.75 Å². The summed E-state index contributed by atoms with van der Waals surface area (Å²) in [6.07, 6.45) is 0.776. The number of phenolic OH excluding ortho intramolecular Hbond substituents is 1. The molecule has 0 aliphatic rings. The van der Waals surface area contributed by atoms with Gasteiger partial charge in [-0.3, -0.25) is 9.59 Å². The maximum atomic E-state index is 11.5. The summed E-state index contributed by atoms with van der Waals surface area (Å²) in [5, 5.41) is 14.2. The Morgan fingerprint density at radius 3 is 2.63 bits per heavy atom. The molecule has 6 nitrogen and oxygen atoms in total. The van der Waals surface area contributed by atoms with E-state index in [1.165, 1.54) is 12.1 Å². The zero-order valence-corrected chi connectivity index (χ0v) is 11.1. The molecule has 1 rings (SSSR count). The van der Waals surface area contributed by atoms with E-state index in [4.69, 9.17) is 0 Å². The molecule has 3 N–H and O–H groups in total. The zero-order chi connectivity index (χ0) is 14.3. The number of anilines is 1. The van der Waals surface area contributed by atoms with Crippen LogP contribution in [0.25, 0.3) is 0 Å². The minimum absolute atomic E-state index is 0.0317. The van der Waals surface area contributed by atoms with Crippen molar-refractivity contribution in [2.24, 2.45) is 0 Å². The van der Waals surface area contributed by atoms with E-state index in [0.29, 0.717) is 12.2 Å². The third-order valence-corrected chi connectivity index (χ3v) is 2.38. The van der Waals surface area contributed by atoms with Gasteiger partial charge in [0.15, 0.2) is 0 Å². The molecule has 104 valence electrons. The van der Waals surface area contributed by atoms with Crippen molar-refractivity contribution >= 4 is 17.5 Å². The maximum Gasteiger partial charge on any atom is 0.313 e. The molecule has 0 saturated heterocycles. The molecule has 0 bridgehead atoms. The van der Waals surface area contributed by atoms with Crippen LogP contribution >= 0.6 is 0 Å². The predicted molar refractivity (Wildman–Crippen MR) is 72.9 cm³/mol. The molecule has 0 atom stereocenters. The molecule has 1 aromatic carbocycles. The van der Waals surface area contributed by atoms with Crippen molar-refractivity contribution in [1.82, 2.24) is 10.2 Å². The lowest BCUT2D eigenvalue weighted by molar-refractivity contribution is -0.136. The summed E-state index contributed by atoms with van der Waals surface area (Å²) in [6, 6.07) is 6.03. The maximum absolute atomic E-state index is 11.5. The highest BCUT2D eigenvalue weighted by atomic mass is 16.3. The van der Waals surface area contributed by atoms with Gasteiger partial charge in [-0.2, -0.15) is 0 Å². The van der Waals surface area contributed by atoms with E-state index >= 15 is 0 Å². The highest BCUT2D eigenvalue weighted by molar-refractivity contribution is 6.39. The van der Waals surface area contributed by atoms with Gasteiger partial charge < -0.3 is 20.6 Å². The second-order valence-electron chi connectivity index (χ2n) is 4.42. The Morgan fingerprint density at radius 1 is 1.26 bits per heavy atom. The summed E-state index contributed by atoms with van der Waals surface area (Å²) in [7, 11) is 3.88. The summed E-state index contributed by atoms with van der Waals surface area (Å²) in [5.74, 6) is -1.39. The summed E-state index contributed by atoms with van der Waals surface area (Å²) in [6.45, 7) is 1.29. The Labute approximate surface area is 112 Å². The Bertz CT molecular complexity index is 447. The molecule has 0 unspecified atom stereocenters. The number of hydrogen-bond donors (Lipinski definition) is 3. The number of hydrogen-bond acceptors (Lipinski definition) is 4. The summed E-state index contributed by atoms with van der Waals surface area (Å²) in [4.78, 5) is 25.0. The molecule has 0 heterocycles. The Balaban J connectivity index is 2.35. The number of nitrogens with zero attached hydrogens (tertiary/aromatic N) is 1. The van der Waals surface area contributed by atoms with Gasteiger partial charge in [-0.1, -0.05) is 6.07 Å². The van der Waals surface area contributed by atoms with E-state index in [-0.39, 0.29) is 5.75 Å². The van der Waals surface area contributed by atoms with Crippen molar-refractivity contribution in [3.63, 3.8) is 0 Å². The van der Waals surface area contributed by atoms with Gasteiger partial charge in [-0.25, -0.2) is 0 Å². The lowest BCUT2D eigenvalue weighted by Crippen LogP contribution is -2.36. The molecule has 0 aliphatic carbocycles. The van der Waals surface area contributed by atoms with E-state index < -0.39 is 11.8 Å². The number of phenols is 1. The number of carbonyl (C=O) groups excluding carboxylic acids is 2. The summed E-state index contributed by atoms with van der Waals surface area (Å²) in [5.41, 5.74) is 0.383. The van der Waals surface area contributed by atoms with Crippen LogP contribution in [-0.4, -0.2) is 49.0 Å². The fraction of sp³-hybridized carbons (Fsp3) is 0.385. The largest absolute Gasteiger partial charge is 0.508 e. The standard InChI is InChI=1S/C13H19N3O3/c1-16(2)8-4-7-14-12(18)13(19)15-10-5-3-6-11(17)9-10/h3,5-6,9,17H,4,7-8H2,1-2H3,(H,14,18)(H,15,19). The lowest BCUT2D eigenvalue weighted by Gasteiger charge is -2.10. The van der Waals surface area contributed by atoms with E-state index in [0.717, 1.165) is 13.0 Å². The number of benzene rings is 1. The monoisotopic (exact) mass is 265 g/mol. The van der Waals surface area contributed by atoms with Crippen LogP contribution in [-0.2, 0) is 9.59 Å². The van der Waals surface area contributed by atoms with Crippen LogP contribution in [0.3, 0.4) is 0 Å². The molecule has 2 amide bonds. The number of nitrogens with one attached hydrogen (secondary N) is 2. The number of carbonyl (C=O) groups is 2. The Morgan fingerprint density at radius 2 is 2.00 bits per heavy atom. The first-order chi connectivity index (χ1) is 8.99. The lowest BCUT2D eigenvalue weighted by atomic mass is 10.3. The molecular formula is C13H19N3O3. The smallest absolute Gasteiger partial charge is 0.313 e. The highest BCUT2D eigenvalue weighted by Gasteiger charge is 2.12. The van der Waals surface area contributed by atoms with Crippen molar-refractivity contribution in [2.75, 3.05) is 32.5 Å². The third-order valence-electron chi connectivity index (χ3n) is 2.38. The minimum atomic E-state index is -0.740. The SMILES string of the molecule is CN(C)CCCNC(=O)C(=O)Nc1cccc(O)c1. The van der Waals surface area contributed by atoms with Crippen LogP contribution in [0.5, 0.6) is 5.75 Å². The van der Waals surface area contributed by atoms with Gasteiger partial charge in [-0.15, -0.1) is 0 Å². The Hall–Kier alpha value is -2.08. The fourth-order valence-corrected chi connectivity index (χ4v) is 1.45. The second kappa shape index (κ2) is 7.38. The van der Waals surface area contributed by atoms with Gasteiger partial charge in [0.2, 0.25) is 0 Å². The van der Waals surface area contributed by atoms with Crippen molar-refractivity contribution in [3.8, 4) is 5.75 Å². The number of amides is 2. The highest BCUT2D eigenvalue weighted by Crippen LogP contribution is 2.14. The van der Waals surface area contributed by atoms with Crippen molar-refractivity contribution in [3.05, 3.63) is 24.3 Å².